The van der Waals surface area contributed by atoms with Gasteiger partial charge in [0.2, 0.25) is 0 Å². The number of anilines is 1. The number of benzene rings is 4. The maximum absolute atomic E-state index is 13.1. The van der Waals surface area contributed by atoms with Crippen molar-refractivity contribution in [2.45, 2.75) is 45.3 Å². The molecule has 0 aliphatic carbocycles. The quantitative estimate of drug-likeness (QED) is 0.185. The lowest BCUT2D eigenvalue weighted by Crippen LogP contribution is -2.35. The average Bonchev–Trinajstić information content (AvgIpc) is 2.93. The second kappa shape index (κ2) is 11.3. The van der Waals surface area contributed by atoms with Crippen molar-refractivity contribution in [1.82, 2.24) is 0 Å². The monoisotopic (exact) mass is 496 g/mol. The highest BCUT2D eigenvalue weighted by molar-refractivity contribution is 6.11. The fraction of sp³-hybridized carbons (Fsp3) is 0.233. The Balaban J connectivity index is 1.66. The molecule has 0 bridgehead atoms. The van der Waals surface area contributed by atoms with Gasteiger partial charge in [-0.05, 0) is 59.7 Å². The second-order valence-corrected chi connectivity index (χ2v) is 9.16. The number of aliphatic hydroxyl groups is 1. The van der Waals surface area contributed by atoms with E-state index in [0.717, 1.165) is 35.8 Å². The standard InChI is InChI=1S/C30H32N4O3/c1-3-17-30(31,4-2)22-11-15-24(16-12-22)33-34-27-25-8-6-5-7-21(25)18-26(28(27)36)29(37)32-23-13-9-20(19-35)10-14-23/h5-16,18,35-36H,3-4,17,19,31H2,1-2H3,(H,32,37)/b34-33-. The van der Waals surface area contributed by atoms with E-state index in [1.807, 2.05) is 48.5 Å². The van der Waals surface area contributed by atoms with Gasteiger partial charge in [-0.2, -0.15) is 5.11 Å². The van der Waals surface area contributed by atoms with Crippen molar-refractivity contribution in [3.8, 4) is 5.75 Å². The van der Waals surface area contributed by atoms with Crippen LogP contribution in [0.15, 0.2) is 89.1 Å². The summed E-state index contributed by atoms with van der Waals surface area (Å²) in [6.45, 7) is 4.13. The van der Waals surface area contributed by atoms with E-state index >= 15 is 0 Å². The lowest BCUT2D eigenvalue weighted by atomic mass is 9.84. The van der Waals surface area contributed by atoms with Crippen molar-refractivity contribution in [1.29, 1.82) is 0 Å². The summed E-state index contributed by atoms with van der Waals surface area (Å²) in [5.74, 6) is -0.728. The van der Waals surface area contributed by atoms with E-state index in [9.17, 15) is 15.0 Å². The Morgan fingerprint density at radius 2 is 1.68 bits per heavy atom. The van der Waals surface area contributed by atoms with Gasteiger partial charge in [-0.25, -0.2) is 0 Å². The molecule has 7 nitrogen and oxygen atoms in total. The van der Waals surface area contributed by atoms with E-state index in [0.29, 0.717) is 16.8 Å². The minimum Gasteiger partial charge on any atom is -0.505 e. The number of carbonyl (C=O) groups excluding carboxylic acids is 1. The molecule has 1 unspecified atom stereocenters. The van der Waals surface area contributed by atoms with Crippen molar-refractivity contribution in [3.63, 3.8) is 0 Å². The first kappa shape index (κ1) is 26.0. The molecular formula is C30H32N4O3. The van der Waals surface area contributed by atoms with E-state index in [1.165, 1.54) is 0 Å². The number of rotatable bonds is 9. The summed E-state index contributed by atoms with van der Waals surface area (Å²) in [6, 6.07) is 23.5. The Hall–Kier alpha value is -4.07. The Bertz CT molecular complexity index is 1420. The summed E-state index contributed by atoms with van der Waals surface area (Å²) in [7, 11) is 0. The number of aromatic hydroxyl groups is 1. The lowest BCUT2D eigenvalue weighted by Gasteiger charge is -2.28. The molecule has 4 aromatic carbocycles. The number of nitrogens with two attached hydrogens (primary N) is 1. The van der Waals surface area contributed by atoms with Gasteiger partial charge in [0.1, 0.15) is 5.69 Å². The Kier molecular flexibility index (Phi) is 7.96. The van der Waals surface area contributed by atoms with Crippen LogP contribution in [0.1, 0.15) is 54.6 Å². The molecule has 1 atom stereocenters. The van der Waals surface area contributed by atoms with E-state index in [-0.39, 0.29) is 29.1 Å². The normalized spacial score (nSPS) is 13.1. The van der Waals surface area contributed by atoms with Crippen molar-refractivity contribution in [2.75, 3.05) is 5.32 Å². The second-order valence-electron chi connectivity index (χ2n) is 9.16. The van der Waals surface area contributed by atoms with Crippen molar-refractivity contribution < 1.29 is 15.0 Å². The van der Waals surface area contributed by atoms with Gasteiger partial charge in [0.15, 0.2) is 5.75 Å². The van der Waals surface area contributed by atoms with Crippen LogP contribution in [0.5, 0.6) is 5.75 Å². The minimum absolute atomic E-state index is 0.0821. The predicted octanol–water partition coefficient (Wildman–Crippen LogP) is 7.07. The zero-order valence-corrected chi connectivity index (χ0v) is 21.1. The molecule has 0 saturated heterocycles. The maximum atomic E-state index is 13.1. The first-order valence-corrected chi connectivity index (χ1v) is 12.5. The zero-order valence-electron chi connectivity index (χ0n) is 21.1. The first-order chi connectivity index (χ1) is 17.9. The van der Waals surface area contributed by atoms with E-state index in [2.05, 4.69) is 29.4 Å². The van der Waals surface area contributed by atoms with Crippen LogP contribution in [-0.4, -0.2) is 16.1 Å². The van der Waals surface area contributed by atoms with Crippen LogP contribution >= 0.6 is 0 Å². The maximum Gasteiger partial charge on any atom is 0.259 e. The van der Waals surface area contributed by atoms with Gasteiger partial charge >= 0.3 is 0 Å². The summed E-state index contributed by atoms with van der Waals surface area (Å²) in [6.07, 6.45) is 2.72. The molecule has 0 aliphatic rings. The molecular weight excluding hydrogens is 464 g/mol. The molecule has 0 radical (unpaired) electrons. The van der Waals surface area contributed by atoms with Crippen LogP contribution in [-0.2, 0) is 12.1 Å². The summed E-state index contributed by atoms with van der Waals surface area (Å²) in [4.78, 5) is 13.1. The van der Waals surface area contributed by atoms with Crippen LogP contribution in [0.3, 0.4) is 0 Å². The highest BCUT2D eigenvalue weighted by Gasteiger charge is 2.24. The van der Waals surface area contributed by atoms with Gasteiger partial charge in [0.05, 0.1) is 17.9 Å². The van der Waals surface area contributed by atoms with E-state index in [4.69, 9.17) is 5.73 Å². The van der Waals surface area contributed by atoms with Gasteiger partial charge in [-0.1, -0.05) is 68.8 Å². The van der Waals surface area contributed by atoms with Crippen LogP contribution in [0, 0.1) is 0 Å². The largest absolute Gasteiger partial charge is 0.505 e. The third kappa shape index (κ3) is 5.69. The van der Waals surface area contributed by atoms with Gasteiger partial charge < -0.3 is 21.3 Å². The summed E-state index contributed by atoms with van der Waals surface area (Å²) in [5.41, 5.74) is 9.48. The molecule has 0 aliphatic heterocycles. The molecule has 0 aromatic heterocycles. The van der Waals surface area contributed by atoms with E-state index < -0.39 is 5.91 Å². The fourth-order valence-corrected chi connectivity index (χ4v) is 4.42. The van der Waals surface area contributed by atoms with Crippen LogP contribution in [0.2, 0.25) is 0 Å². The molecule has 0 saturated carbocycles. The number of aliphatic hydroxyl groups excluding tert-OH is 1. The third-order valence-corrected chi connectivity index (χ3v) is 6.67. The van der Waals surface area contributed by atoms with Crippen LogP contribution in [0.25, 0.3) is 10.8 Å². The molecule has 0 fully saturated rings. The number of hydrogen-bond donors (Lipinski definition) is 4. The lowest BCUT2D eigenvalue weighted by molar-refractivity contribution is 0.102. The number of amides is 1. The number of nitrogens with zero attached hydrogens (tertiary/aromatic N) is 2. The Labute approximate surface area is 216 Å². The molecule has 7 heteroatoms. The first-order valence-electron chi connectivity index (χ1n) is 12.5. The molecule has 37 heavy (non-hydrogen) atoms. The minimum atomic E-state index is -0.476. The molecule has 5 N–H and O–H groups in total. The number of phenolic OH excluding ortho intramolecular Hbond substituents is 1. The summed E-state index contributed by atoms with van der Waals surface area (Å²) in [5, 5.41) is 33.2. The highest BCUT2D eigenvalue weighted by atomic mass is 16.3. The highest BCUT2D eigenvalue weighted by Crippen LogP contribution is 2.40. The molecule has 4 aromatic rings. The smallest absolute Gasteiger partial charge is 0.259 e. The van der Waals surface area contributed by atoms with Crippen LogP contribution in [0.4, 0.5) is 17.1 Å². The number of phenols is 1. The van der Waals surface area contributed by atoms with Gasteiger partial charge in [-0.3, -0.25) is 4.79 Å². The number of fused-ring (bicyclic) bond motifs is 1. The predicted molar refractivity (Wildman–Crippen MR) is 148 cm³/mol. The number of azo groups is 1. The van der Waals surface area contributed by atoms with Crippen molar-refractivity contribution in [3.05, 3.63) is 95.6 Å². The van der Waals surface area contributed by atoms with Gasteiger partial charge in [-0.15, -0.1) is 5.11 Å². The number of nitrogens with one attached hydrogen (secondary N) is 1. The van der Waals surface area contributed by atoms with Crippen LogP contribution < -0.4 is 11.1 Å². The number of hydrogen-bond acceptors (Lipinski definition) is 6. The Morgan fingerprint density at radius 1 is 0.973 bits per heavy atom. The van der Waals surface area contributed by atoms with Gasteiger partial charge in [0.25, 0.3) is 5.91 Å². The molecule has 4 rings (SSSR count). The average molecular weight is 497 g/mol. The molecule has 1 amide bonds. The summed E-state index contributed by atoms with van der Waals surface area (Å²) >= 11 is 0. The molecule has 190 valence electrons. The fourth-order valence-electron chi connectivity index (χ4n) is 4.42. The summed E-state index contributed by atoms with van der Waals surface area (Å²) < 4.78 is 0. The van der Waals surface area contributed by atoms with Gasteiger partial charge in [0, 0.05) is 16.6 Å². The molecule has 0 spiro atoms. The van der Waals surface area contributed by atoms with E-state index in [1.54, 1.807) is 30.3 Å². The van der Waals surface area contributed by atoms with Crippen molar-refractivity contribution >= 4 is 33.7 Å². The topological polar surface area (TPSA) is 120 Å². The SMILES string of the molecule is CCCC(N)(CC)c1ccc(/N=N\c2c(O)c(C(=O)Nc3ccc(CO)cc3)cc3ccccc23)cc1. The molecule has 0 heterocycles. The van der Waals surface area contributed by atoms with Crippen molar-refractivity contribution in [2.24, 2.45) is 16.0 Å². The Morgan fingerprint density at radius 3 is 2.32 bits per heavy atom. The third-order valence-electron chi connectivity index (χ3n) is 6.67. The zero-order chi connectivity index (χ0) is 26.4. The number of carbonyl (C=O) groups is 1.